The topological polar surface area (TPSA) is 17.1 Å². The van der Waals surface area contributed by atoms with Crippen LogP contribution in [0, 0.1) is 11.3 Å². The van der Waals surface area contributed by atoms with Crippen LogP contribution in [0.25, 0.3) is 0 Å². The molecule has 0 spiro atoms. The van der Waals surface area contributed by atoms with Gasteiger partial charge in [0.15, 0.2) is 5.78 Å². The molecule has 2 rings (SSSR count). The van der Waals surface area contributed by atoms with E-state index in [0.717, 1.165) is 18.8 Å². The Labute approximate surface area is 73.8 Å². The largest absolute Gasteiger partial charge is 0.295 e. The van der Waals surface area contributed by atoms with Gasteiger partial charge in [-0.05, 0) is 36.7 Å². The van der Waals surface area contributed by atoms with Gasteiger partial charge < -0.3 is 0 Å². The molecule has 0 aliphatic heterocycles. The quantitative estimate of drug-likeness (QED) is 0.582. The molecule has 0 aromatic carbocycles. The minimum Gasteiger partial charge on any atom is -0.295 e. The van der Waals surface area contributed by atoms with Crippen LogP contribution in [0.1, 0.15) is 39.5 Å². The molecule has 1 fully saturated rings. The van der Waals surface area contributed by atoms with E-state index < -0.39 is 0 Å². The minimum atomic E-state index is 0.301. The van der Waals surface area contributed by atoms with Crippen molar-refractivity contribution >= 4 is 5.78 Å². The first-order valence-corrected chi connectivity index (χ1v) is 4.84. The van der Waals surface area contributed by atoms with Crippen molar-refractivity contribution in [1.82, 2.24) is 0 Å². The highest BCUT2D eigenvalue weighted by molar-refractivity contribution is 5.91. The molecule has 1 saturated carbocycles. The lowest BCUT2D eigenvalue weighted by molar-refractivity contribution is -0.115. The van der Waals surface area contributed by atoms with Gasteiger partial charge >= 0.3 is 0 Å². The number of hydrogen-bond donors (Lipinski definition) is 0. The smallest absolute Gasteiger partial charge is 0.155 e. The van der Waals surface area contributed by atoms with E-state index in [2.05, 4.69) is 13.8 Å². The third-order valence-electron chi connectivity index (χ3n) is 3.11. The summed E-state index contributed by atoms with van der Waals surface area (Å²) < 4.78 is 0. The first kappa shape index (κ1) is 8.03. The molecule has 0 aromatic rings. The van der Waals surface area contributed by atoms with Crippen molar-refractivity contribution in [2.45, 2.75) is 39.5 Å². The predicted octanol–water partition coefficient (Wildman–Crippen LogP) is 2.71. The number of ketones is 1. The van der Waals surface area contributed by atoms with E-state index in [4.69, 9.17) is 0 Å². The van der Waals surface area contributed by atoms with Gasteiger partial charge in [0.05, 0.1) is 0 Å². The molecule has 0 radical (unpaired) electrons. The Kier molecular flexibility index (Phi) is 1.64. The van der Waals surface area contributed by atoms with Crippen molar-refractivity contribution < 1.29 is 4.79 Å². The van der Waals surface area contributed by atoms with Gasteiger partial charge in [0, 0.05) is 6.42 Å². The second kappa shape index (κ2) is 2.45. The molecule has 12 heavy (non-hydrogen) atoms. The molecule has 66 valence electrons. The third kappa shape index (κ3) is 1.33. The van der Waals surface area contributed by atoms with Gasteiger partial charge in [-0.15, -0.1) is 0 Å². The molecular weight excluding hydrogens is 148 g/mol. The van der Waals surface area contributed by atoms with Crippen LogP contribution in [0.5, 0.6) is 0 Å². The molecule has 0 aromatic heterocycles. The van der Waals surface area contributed by atoms with Crippen LogP contribution in [-0.2, 0) is 4.79 Å². The molecular formula is C11H16O. The van der Waals surface area contributed by atoms with E-state index >= 15 is 0 Å². The van der Waals surface area contributed by atoms with Crippen molar-refractivity contribution in [3.63, 3.8) is 0 Å². The molecule has 0 saturated heterocycles. The van der Waals surface area contributed by atoms with Crippen molar-refractivity contribution in [3.8, 4) is 0 Å². The van der Waals surface area contributed by atoms with Gasteiger partial charge in [0.2, 0.25) is 0 Å². The average molecular weight is 164 g/mol. The Balaban J connectivity index is 2.27. The van der Waals surface area contributed by atoms with Gasteiger partial charge in [-0.3, -0.25) is 4.79 Å². The SMILES string of the molecule is CC1(C)CCC(=O)C=C1C1CC1. The van der Waals surface area contributed by atoms with Gasteiger partial charge in [0.1, 0.15) is 0 Å². The fourth-order valence-corrected chi connectivity index (χ4v) is 2.09. The van der Waals surface area contributed by atoms with E-state index in [9.17, 15) is 4.79 Å². The zero-order chi connectivity index (χ0) is 8.77. The molecule has 2 aliphatic carbocycles. The molecule has 2 aliphatic rings. The van der Waals surface area contributed by atoms with Crippen molar-refractivity contribution in [3.05, 3.63) is 11.6 Å². The van der Waals surface area contributed by atoms with Crippen LogP contribution in [0.2, 0.25) is 0 Å². The average Bonchev–Trinajstić information content (AvgIpc) is 2.77. The highest BCUT2D eigenvalue weighted by atomic mass is 16.1. The van der Waals surface area contributed by atoms with Crippen LogP contribution in [-0.4, -0.2) is 5.78 Å². The van der Waals surface area contributed by atoms with Gasteiger partial charge in [-0.1, -0.05) is 19.4 Å². The van der Waals surface area contributed by atoms with Crippen molar-refractivity contribution in [1.29, 1.82) is 0 Å². The monoisotopic (exact) mass is 164 g/mol. The Morgan fingerprint density at radius 3 is 2.67 bits per heavy atom. The fourth-order valence-electron chi connectivity index (χ4n) is 2.09. The van der Waals surface area contributed by atoms with E-state index in [0.29, 0.717) is 11.2 Å². The summed E-state index contributed by atoms with van der Waals surface area (Å²) in [6.45, 7) is 4.53. The summed E-state index contributed by atoms with van der Waals surface area (Å²) in [5.74, 6) is 1.10. The molecule has 0 N–H and O–H groups in total. The zero-order valence-corrected chi connectivity index (χ0v) is 7.89. The Morgan fingerprint density at radius 2 is 2.08 bits per heavy atom. The van der Waals surface area contributed by atoms with E-state index in [1.54, 1.807) is 0 Å². The summed E-state index contributed by atoms with van der Waals surface area (Å²) in [4.78, 5) is 11.2. The van der Waals surface area contributed by atoms with Gasteiger partial charge in [0.25, 0.3) is 0 Å². The lowest BCUT2D eigenvalue weighted by atomic mass is 9.73. The van der Waals surface area contributed by atoms with Crippen molar-refractivity contribution in [2.75, 3.05) is 0 Å². The second-order valence-corrected chi connectivity index (χ2v) is 4.72. The van der Waals surface area contributed by atoms with Crippen LogP contribution in [0.4, 0.5) is 0 Å². The standard InChI is InChI=1S/C11H16O/c1-11(2)6-5-9(12)7-10(11)8-3-4-8/h7-8H,3-6H2,1-2H3. The summed E-state index contributed by atoms with van der Waals surface area (Å²) in [6, 6.07) is 0. The number of allylic oxidation sites excluding steroid dienone is 2. The molecule has 0 bridgehead atoms. The lowest BCUT2D eigenvalue weighted by Gasteiger charge is -2.31. The first-order chi connectivity index (χ1) is 5.59. The summed E-state index contributed by atoms with van der Waals surface area (Å²) in [7, 11) is 0. The maximum Gasteiger partial charge on any atom is 0.155 e. The summed E-state index contributed by atoms with van der Waals surface area (Å²) in [6.07, 6.45) is 6.34. The Hall–Kier alpha value is -0.590. The summed E-state index contributed by atoms with van der Waals surface area (Å²) in [5.41, 5.74) is 1.73. The third-order valence-corrected chi connectivity index (χ3v) is 3.11. The second-order valence-electron chi connectivity index (χ2n) is 4.72. The number of hydrogen-bond acceptors (Lipinski definition) is 1. The normalized spacial score (nSPS) is 28.5. The van der Waals surface area contributed by atoms with Gasteiger partial charge in [-0.25, -0.2) is 0 Å². The van der Waals surface area contributed by atoms with Crippen molar-refractivity contribution in [2.24, 2.45) is 11.3 Å². The Morgan fingerprint density at radius 1 is 1.42 bits per heavy atom. The molecule has 0 heterocycles. The molecule has 1 heteroatoms. The van der Waals surface area contributed by atoms with Crippen LogP contribution in [0.3, 0.4) is 0 Å². The van der Waals surface area contributed by atoms with Gasteiger partial charge in [-0.2, -0.15) is 0 Å². The van der Waals surface area contributed by atoms with E-state index in [-0.39, 0.29) is 0 Å². The molecule has 1 nitrogen and oxygen atoms in total. The maximum absolute atomic E-state index is 11.2. The number of carbonyl (C=O) groups excluding carboxylic acids is 1. The minimum absolute atomic E-state index is 0.301. The zero-order valence-electron chi connectivity index (χ0n) is 7.89. The van der Waals surface area contributed by atoms with Crippen LogP contribution >= 0.6 is 0 Å². The first-order valence-electron chi connectivity index (χ1n) is 4.84. The fraction of sp³-hybridized carbons (Fsp3) is 0.727. The molecule has 0 amide bonds. The number of carbonyl (C=O) groups is 1. The number of rotatable bonds is 1. The molecule has 0 unspecified atom stereocenters. The Bertz CT molecular complexity index is 244. The summed E-state index contributed by atoms with van der Waals surface area (Å²) >= 11 is 0. The van der Waals surface area contributed by atoms with Crippen LogP contribution < -0.4 is 0 Å². The highest BCUT2D eigenvalue weighted by Crippen LogP contribution is 2.48. The van der Waals surface area contributed by atoms with E-state index in [1.807, 2.05) is 6.08 Å². The predicted molar refractivity (Wildman–Crippen MR) is 48.8 cm³/mol. The van der Waals surface area contributed by atoms with Crippen LogP contribution in [0.15, 0.2) is 11.6 Å². The highest BCUT2D eigenvalue weighted by Gasteiger charge is 2.37. The van der Waals surface area contributed by atoms with E-state index in [1.165, 1.54) is 18.4 Å². The summed E-state index contributed by atoms with van der Waals surface area (Å²) in [5, 5.41) is 0. The molecule has 0 atom stereocenters. The lowest BCUT2D eigenvalue weighted by Crippen LogP contribution is -2.23. The maximum atomic E-state index is 11.2.